The Labute approximate surface area is 179 Å². The average Bonchev–Trinajstić information content (AvgIpc) is 3.49. The summed E-state index contributed by atoms with van der Waals surface area (Å²) in [4.78, 5) is 13.0. The normalized spacial score (nSPS) is 19.2. The van der Waals surface area contributed by atoms with Crippen LogP contribution in [-0.4, -0.2) is 34.7 Å². The molecular weight excluding hydrogens is 435 g/mol. The van der Waals surface area contributed by atoms with Gasteiger partial charge in [0.2, 0.25) is 0 Å². The Kier molecular flexibility index (Phi) is 5.58. The number of aromatic nitrogens is 2. The molecular formula is C22H19F5N2O3. The minimum Gasteiger partial charge on any atom is -0.487 e. The fraction of sp³-hybridized carbons (Fsp3) is 0.318. The second-order valence-corrected chi connectivity index (χ2v) is 7.54. The fourth-order valence-corrected chi connectivity index (χ4v) is 3.56. The maximum Gasteiger partial charge on any atom is 0.340 e. The number of rotatable bonds is 8. The molecule has 0 unspecified atom stereocenters. The summed E-state index contributed by atoms with van der Waals surface area (Å²) in [6, 6.07) is 11.2. The molecule has 1 saturated heterocycles. The van der Waals surface area contributed by atoms with Crippen molar-refractivity contribution in [3.8, 4) is 11.4 Å². The van der Waals surface area contributed by atoms with E-state index in [1.807, 2.05) is 0 Å². The van der Waals surface area contributed by atoms with Gasteiger partial charge in [-0.1, -0.05) is 18.2 Å². The number of hydrogen-bond donors (Lipinski definition) is 0. The molecule has 1 aliphatic rings. The predicted molar refractivity (Wildman–Crippen MR) is 105 cm³/mol. The number of ether oxygens (including phenoxy) is 2. The zero-order valence-corrected chi connectivity index (χ0v) is 16.9. The van der Waals surface area contributed by atoms with E-state index in [-0.39, 0.29) is 12.4 Å². The van der Waals surface area contributed by atoms with Crippen LogP contribution in [0, 0.1) is 5.82 Å². The second-order valence-electron chi connectivity index (χ2n) is 7.54. The molecule has 1 fully saturated rings. The quantitative estimate of drug-likeness (QED) is 0.371. The zero-order chi connectivity index (χ0) is 23.1. The average molecular weight is 454 g/mol. The van der Waals surface area contributed by atoms with Gasteiger partial charge in [-0.05, 0) is 37.3 Å². The smallest absolute Gasteiger partial charge is 0.340 e. The second kappa shape index (κ2) is 8.09. The van der Waals surface area contributed by atoms with Crippen LogP contribution in [0.15, 0.2) is 65.7 Å². The van der Waals surface area contributed by atoms with Crippen LogP contribution in [0.5, 0.6) is 5.75 Å². The molecule has 0 radical (unpaired) electrons. The summed E-state index contributed by atoms with van der Waals surface area (Å²) in [7, 11) is 0. The number of hydrogen-bond acceptors (Lipinski definition) is 3. The Bertz CT molecular complexity index is 1150. The number of epoxide rings is 1. The topological polar surface area (TPSA) is 48.7 Å². The molecule has 5 nitrogen and oxygen atoms in total. The van der Waals surface area contributed by atoms with Crippen molar-refractivity contribution in [1.29, 1.82) is 0 Å². The largest absolute Gasteiger partial charge is 0.487 e. The highest BCUT2D eigenvalue weighted by molar-refractivity contribution is 5.38. The highest BCUT2D eigenvalue weighted by Gasteiger charge is 2.54. The van der Waals surface area contributed by atoms with Crippen molar-refractivity contribution in [2.45, 2.75) is 30.9 Å². The molecule has 1 aliphatic heterocycles. The van der Waals surface area contributed by atoms with E-state index in [0.29, 0.717) is 11.3 Å². The highest BCUT2D eigenvalue weighted by atomic mass is 19.3. The molecule has 0 bridgehead atoms. The Morgan fingerprint density at radius 3 is 2.38 bits per heavy atom. The first kappa shape index (κ1) is 22.1. The molecule has 2 heterocycles. The third-order valence-electron chi connectivity index (χ3n) is 5.55. The van der Waals surface area contributed by atoms with Crippen molar-refractivity contribution in [2.24, 2.45) is 0 Å². The van der Waals surface area contributed by atoms with E-state index in [4.69, 9.17) is 9.47 Å². The molecule has 2 aromatic carbocycles. The van der Waals surface area contributed by atoms with Gasteiger partial charge in [-0.25, -0.2) is 18.0 Å². The van der Waals surface area contributed by atoms with Gasteiger partial charge in [0.15, 0.2) is 6.61 Å². The van der Waals surface area contributed by atoms with Crippen LogP contribution in [0.3, 0.4) is 0 Å². The summed E-state index contributed by atoms with van der Waals surface area (Å²) < 4.78 is 77.8. The predicted octanol–water partition coefficient (Wildman–Crippen LogP) is 4.54. The molecule has 32 heavy (non-hydrogen) atoms. The molecule has 10 heteroatoms. The third-order valence-corrected chi connectivity index (χ3v) is 5.55. The minimum atomic E-state index is -4.26. The summed E-state index contributed by atoms with van der Waals surface area (Å²) in [5, 5.41) is 0. The van der Waals surface area contributed by atoms with E-state index in [2.05, 4.69) is 0 Å². The molecule has 0 N–H and O–H groups in total. The molecule has 0 saturated carbocycles. The first-order chi connectivity index (χ1) is 15.2. The molecule has 3 aromatic rings. The van der Waals surface area contributed by atoms with E-state index in [0.717, 1.165) is 0 Å². The molecule has 2 atom stereocenters. The van der Waals surface area contributed by atoms with Crippen molar-refractivity contribution >= 4 is 0 Å². The van der Waals surface area contributed by atoms with Gasteiger partial charge in [-0.2, -0.15) is 8.78 Å². The van der Waals surface area contributed by atoms with Crippen LogP contribution in [0.4, 0.5) is 22.0 Å². The summed E-state index contributed by atoms with van der Waals surface area (Å²) in [6.45, 7) is 0.559. The molecule has 0 amide bonds. The zero-order valence-electron chi connectivity index (χ0n) is 16.9. The third kappa shape index (κ3) is 3.90. The van der Waals surface area contributed by atoms with E-state index >= 15 is 0 Å². The van der Waals surface area contributed by atoms with E-state index in [9.17, 15) is 26.7 Å². The highest BCUT2D eigenvalue weighted by Crippen LogP contribution is 2.48. The van der Waals surface area contributed by atoms with Gasteiger partial charge in [-0.15, -0.1) is 0 Å². The lowest BCUT2D eigenvalue weighted by Gasteiger charge is -2.22. The van der Waals surface area contributed by atoms with Crippen LogP contribution in [0.2, 0.25) is 0 Å². The van der Waals surface area contributed by atoms with Crippen LogP contribution in [-0.2, 0) is 10.3 Å². The summed E-state index contributed by atoms with van der Waals surface area (Å²) >= 11 is 0. The van der Waals surface area contributed by atoms with Crippen molar-refractivity contribution in [2.75, 3.05) is 13.2 Å². The van der Waals surface area contributed by atoms with Gasteiger partial charge >= 0.3 is 18.0 Å². The van der Waals surface area contributed by atoms with Gasteiger partial charge in [-0.3, -0.25) is 9.13 Å². The summed E-state index contributed by atoms with van der Waals surface area (Å²) in [5.41, 5.74) is -0.587. The van der Waals surface area contributed by atoms with Crippen molar-refractivity contribution in [1.82, 2.24) is 9.13 Å². The maximum absolute atomic E-state index is 14.3. The van der Waals surface area contributed by atoms with E-state index in [1.165, 1.54) is 45.7 Å². The van der Waals surface area contributed by atoms with Crippen molar-refractivity contribution < 1.29 is 31.4 Å². The van der Waals surface area contributed by atoms with Crippen molar-refractivity contribution in [3.63, 3.8) is 0 Å². The molecule has 170 valence electrons. The Hall–Kier alpha value is -3.14. The number of nitrogens with zero attached hydrogens (tertiary/aromatic N) is 2. The minimum absolute atomic E-state index is 0.0418. The molecule has 0 aliphatic carbocycles. The number of alkyl halides is 4. The van der Waals surface area contributed by atoms with Gasteiger partial charge in [0.1, 0.15) is 17.2 Å². The Balaban J connectivity index is 1.53. The standard InChI is InChI=1S/C22H19F5N2O3/c1-14(21(12-32-21)17-4-2-3-5-18(17)23)28-10-11-29(20(28)30)15-6-8-16(9-7-15)31-13-22(26,27)19(24)25/h2-11,14,19H,12-13H2,1H3/t14-,21-/m1/s1. The first-order valence-electron chi connectivity index (χ1n) is 9.73. The van der Waals surface area contributed by atoms with Gasteiger partial charge in [0.25, 0.3) is 0 Å². The lowest BCUT2D eigenvalue weighted by molar-refractivity contribution is -0.148. The van der Waals surface area contributed by atoms with Gasteiger partial charge in [0, 0.05) is 18.0 Å². The first-order valence-corrected chi connectivity index (χ1v) is 9.73. The lowest BCUT2D eigenvalue weighted by Crippen LogP contribution is -2.33. The monoisotopic (exact) mass is 454 g/mol. The van der Waals surface area contributed by atoms with Gasteiger partial charge in [0.05, 0.1) is 18.3 Å². The number of imidazole rings is 1. The van der Waals surface area contributed by atoms with E-state index < -0.39 is 42.1 Å². The van der Waals surface area contributed by atoms with E-state index in [1.54, 1.807) is 31.3 Å². The van der Waals surface area contributed by atoms with Gasteiger partial charge < -0.3 is 9.47 Å². The van der Waals surface area contributed by atoms with Crippen LogP contribution in [0.1, 0.15) is 18.5 Å². The molecule has 4 rings (SSSR count). The summed E-state index contributed by atoms with van der Waals surface area (Å²) in [5.74, 6) is -4.72. The molecule has 1 aromatic heterocycles. The Morgan fingerprint density at radius 1 is 1.12 bits per heavy atom. The van der Waals surface area contributed by atoms with Crippen LogP contribution >= 0.6 is 0 Å². The SMILES string of the molecule is C[C@@H](n1ccn(-c2ccc(OCC(F)(F)C(F)F)cc2)c1=O)[C@@]1(c2ccccc2F)CO1. The fourth-order valence-electron chi connectivity index (χ4n) is 3.56. The molecule has 0 spiro atoms. The van der Waals surface area contributed by atoms with Crippen LogP contribution in [0.25, 0.3) is 5.69 Å². The Morgan fingerprint density at radius 2 is 1.78 bits per heavy atom. The van der Waals surface area contributed by atoms with Crippen molar-refractivity contribution in [3.05, 3.63) is 82.8 Å². The lowest BCUT2D eigenvalue weighted by atomic mass is 9.92. The number of benzene rings is 2. The number of halogens is 5. The maximum atomic E-state index is 14.3. The summed E-state index contributed by atoms with van der Waals surface area (Å²) in [6.07, 6.45) is -0.771. The van der Waals surface area contributed by atoms with Crippen LogP contribution < -0.4 is 10.4 Å².